The van der Waals surface area contributed by atoms with Crippen LogP contribution in [-0.2, 0) is 21.4 Å². The molecule has 1 fully saturated rings. The van der Waals surface area contributed by atoms with Crippen LogP contribution in [0.15, 0.2) is 24.3 Å². The molecule has 10 heteroatoms. The number of benzene rings is 1. The van der Waals surface area contributed by atoms with Crippen LogP contribution in [0.2, 0.25) is 0 Å². The molecule has 0 atom stereocenters. The molecule has 0 unspecified atom stereocenters. The van der Waals surface area contributed by atoms with Gasteiger partial charge in [0, 0.05) is 25.2 Å². The molecule has 0 aliphatic carbocycles. The van der Waals surface area contributed by atoms with E-state index in [2.05, 4.69) is 10.1 Å². The van der Waals surface area contributed by atoms with Crippen LogP contribution >= 0.6 is 0 Å². The molecule has 1 heterocycles. The highest BCUT2D eigenvalue weighted by Crippen LogP contribution is 2.19. The second-order valence-corrected chi connectivity index (χ2v) is 8.60. The van der Waals surface area contributed by atoms with E-state index in [9.17, 15) is 26.4 Å². The van der Waals surface area contributed by atoms with Crippen molar-refractivity contribution in [3.8, 4) is 0 Å². The van der Waals surface area contributed by atoms with Crippen LogP contribution < -0.4 is 5.32 Å². The van der Waals surface area contributed by atoms with Gasteiger partial charge < -0.3 is 10.1 Å². The zero-order valence-corrected chi connectivity index (χ0v) is 15.8. The smallest absolute Gasteiger partial charge is 0.367 e. The highest BCUT2D eigenvalue weighted by molar-refractivity contribution is 7.88. The first kappa shape index (κ1) is 21.6. The zero-order chi connectivity index (χ0) is 20.1. The molecule has 6 nitrogen and oxygen atoms in total. The SMILES string of the molecule is CS(=O)(=O)N1CCC(CNC(=O)c2ccc(COCC(F)(F)F)cc2)CC1. The Kier molecular flexibility index (Phi) is 7.24. The van der Waals surface area contributed by atoms with Crippen LogP contribution in [0.5, 0.6) is 0 Å². The van der Waals surface area contributed by atoms with Crippen LogP contribution in [0.3, 0.4) is 0 Å². The summed E-state index contributed by atoms with van der Waals surface area (Å²) in [5.74, 6) is -0.0645. The summed E-state index contributed by atoms with van der Waals surface area (Å²) in [5, 5.41) is 2.82. The van der Waals surface area contributed by atoms with Gasteiger partial charge in [-0.3, -0.25) is 4.79 Å². The normalized spacial score (nSPS) is 17.0. The van der Waals surface area contributed by atoms with E-state index < -0.39 is 22.8 Å². The molecule has 27 heavy (non-hydrogen) atoms. The Morgan fingerprint density at radius 2 is 1.81 bits per heavy atom. The minimum Gasteiger partial charge on any atom is -0.367 e. The van der Waals surface area contributed by atoms with Gasteiger partial charge in [-0.2, -0.15) is 13.2 Å². The fourth-order valence-electron chi connectivity index (χ4n) is 2.82. The Hall–Kier alpha value is -1.65. The lowest BCUT2D eigenvalue weighted by Crippen LogP contribution is -2.41. The number of hydrogen-bond acceptors (Lipinski definition) is 4. The van der Waals surface area contributed by atoms with Crippen molar-refractivity contribution in [1.29, 1.82) is 0 Å². The fraction of sp³-hybridized carbons (Fsp3) is 0.588. The highest BCUT2D eigenvalue weighted by atomic mass is 32.2. The number of nitrogens with zero attached hydrogens (tertiary/aromatic N) is 1. The maximum atomic E-state index is 12.2. The number of piperidine rings is 1. The van der Waals surface area contributed by atoms with Crippen molar-refractivity contribution in [2.75, 3.05) is 32.5 Å². The van der Waals surface area contributed by atoms with E-state index in [1.807, 2.05) is 0 Å². The molecule has 1 aromatic carbocycles. The summed E-state index contributed by atoms with van der Waals surface area (Å²) in [6, 6.07) is 6.17. The minimum atomic E-state index is -4.36. The summed E-state index contributed by atoms with van der Waals surface area (Å²) >= 11 is 0. The van der Waals surface area contributed by atoms with Gasteiger partial charge in [-0.05, 0) is 36.5 Å². The number of halogens is 3. The summed E-state index contributed by atoms with van der Waals surface area (Å²) in [7, 11) is -3.17. The van der Waals surface area contributed by atoms with Crippen molar-refractivity contribution in [3.05, 3.63) is 35.4 Å². The first-order valence-electron chi connectivity index (χ1n) is 8.51. The number of carbonyl (C=O) groups is 1. The molecule has 0 spiro atoms. The monoisotopic (exact) mass is 408 g/mol. The predicted octanol–water partition coefficient (Wildman–Crippen LogP) is 2.17. The molecular weight excluding hydrogens is 385 g/mol. The first-order chi connectivity index (χ1) is 12.5. The Bertz CT molecular complexity index is 728. The molecule has 1 aliphatic heterocycles. The van der Waals surface area contributed by atoms with E-state index >= 15 is 0 Å². The van der Waals surface area contributed by atoms with Crippen LogP contribution in [0.4, 0.5) is 13.2 Å². The second-order valence-electron chi connectivity index (χ2n) is 6.62. The lowest BCUT2D eigenvalue weighted by Gasteiger charge is -2.30. The molecule has 0 radical (unpaired) electrons. The summed E-state index contributed by atoms with van der Waals surface area (Å²) in [5.41, 5.74) is 0.951. The maximum Gasteiger partial charge on any atom is 0.411 e. The van der Waals surface area contributed by atoms with E-state index in [1.54, 1.807) is 12.1 Å². The minimum absolute atomic E-state index is 0.180. The van der Waals surface area contributed by atoms with E-state index in [4.69, 9.17) is 0 Å². The Morgan fingerprint density at radius 3 is 2.33 bits per heavy atom. The number of alkyl halides is 3. The van der Waals surface area contributed by atoms with Gasteiger partial charge in [0.05, 0.1) is 12.9 Å². The molecule has 0 bridgehead atoms. The van der Waals surface area contributed by atoms with E-state index in [0.29, 0.717) is 43.6 Å². The average Bonchev–Trinajstić information content (AvgIpc) is 2.59. The number of sulfonamides is 1. The summed E-state index contributed by atoms with van der Waals surface area (Å²) in [6.45, 7) is -0.140. The lowest BCUT2D eigenvalue weighted by atomic mass is 9.98. The molecular formula is C17H23F3N2O4S. The molecule has 152 valence electrons. The van der Waals surface area contributed by atoms with Crippen molar-refractivity contribution in [2.24, 2.45) is 5.92 Å². The maximum absolute atomic E-state index is 12.2. The lowest BCUT2D eigenvalue weighted by molar-refractivity contribution is -0.176. The van der Waals surface area contributed by atoms with Gasteiger partial charge in [-0.15, -0.1) is 0 Å². The topological polar surface area (TPSA) is 75.7 Å². The quantitative estimate of drug-likeness (QED) is 0.750. The number of hydrogen-bond donors (Lipinski definition) is 1. The van der Waals surface area contributed by atoms with Gasteiger partial charge in [0.25, 0.3) is 5.91 Å². The average molecular weight is 408 g/mol. The van der Waals surface area contributed by atoms with Gasteiger partial charge in [-0.25, -0.2) is 12.7 Å². The molecule has 1 aromatic rings. The third-order valence-electron chi connectivity index (χ3n) is 4.34. The number of ether oxygens (including phenoxy) is 1. The molecule has 1 amide bonds. The number of amides is 1. The Balaban J connectivity index is 1.75. The van der Waals surface area contributed by atoms with Crippen molar-refractivity contribution >= 4 is 15.9 Å². The number of carbonyl (C=O) groups excluding carboxylic acids is 1. The van der Waals surface area contributed by atoms with Crippen LogP contribution in [0.25, 0.3) is 0 Å². The molecule has 2 rings (SSSR count). The largest absolute Gasteiger partial charge is 0.411 e. The van der Waals surface area contributed by atoms with Gasteiger partial charge in [0.2, 0.25) is 10.0 Å². The standard InChI is InChI=1S/C17H23F3N2O4S/c1-27(24,25)22-8-6-13(7-9-22)10-21-16(23)15-4-2-14(3-5-15)11-26-12-17(18,19)20/h2-5,13H,6-12H2,1H3,(H,21,23). The van der Waals surface area contributed by atoms with Crippen molar-refractivity contribution in [3.63, 3.8) is 0 Å². The Morgan fingerprint density at radius 1 is 1.22 bits per heavy atom. The summed E-state index contributed by atoms with van der Waals surface area (Å²) < 4.78 is 65.1. The molecule has 1 aliphatic rings. The van der Waals surface area contributed by atoms with Gasteiger partial charge in [0.15, 0.2) is 0 Å². The van der Waals surface area contributed by atoms with E-state index in [0.717, 1.165) is 0 Å². The van der Waals surface area contributed by atoms with Crippen molar-refractivity contribution < 1.29 is 31.1 Å². The van der Waals surface area contributed by atoms with Crippen molar-refractivity contribution in [1.82, 2.24) is 9.62 Å². The fourth-order valence-corrected chi connectivity index (χ4v) is 3.70. The first-order valence-corrected chi connectivity index (χ1v) is 10.4. The number of nitrogens with one attached hydrogen (secondary N) is 1. The number of rotatable bonds is 7. The van der Waals surface area contributed by atoms with Gasteiger partial charge >= 0.3 is 6.18 Å². The van der Waals surface area contributed by atoms with Gasteiger partial charge in [0.1, 0.15) is 6.61 Å². The third-order valence-corrected chi connectivity index (χ3v) is 5.65. The summed E-state index contributed by atoms with van der Waals surface area (Å²) in [6.07, 6.45) is -1.81. The third kappa shape index (κ3) is 7.47. The zero-order valence-electron chi connectivity index (χ0n) is 15.0. The second kappa shape index (κ2) is 9.03. The van der Waals surface area contributed by atoms with Crippen LogP contribution in [0, 0.1) is 5.92 Å². The van der Waals surface area contributed by atoms with Crippen LogP contribution in [-0.4, -0.2) is 57.3 Å². The highest BCUT2D eigenvalue weighted by Gasteiger charge is 2.27. The predicted molar refractivity (Wildman–Crippen MR) is 93.6 cm³/mol. The molecule has 0 aromatic heterocycles. The van der Waals surface area contributed by atoms with Crippen molar-refractivity contribution in [2.45, 2.75) is 25.6 Å². The van der Waals surface area contributed by atoms with Gasteiger partial charge in [-0.1, -0.05) is 12.1 Å². The van der Waals surface area contributed by atoms with E-state index in [-0.39, 0.29) is 18.4 Å². The molecule has 1 N–H and O–H groups in total. The van der Waals surface area contributed by atoms with E-state index in [1.165, 1.54) is 22.7 Å². The van der Waals surface area contributed by atoms with Crippen LogP contribution in [0.1, 0.15) is 28.8 Å². The molecule has 0 saturated carbocycles. The summed E-state index contributed by atoms with van der Waals surface area (Å²) in [4.78, 5) is 12.2. The Labute approximate surface area is 156 Å². The molecule has 1 saturated heterocycles.